The molecule has 4 fully saturated rings. The Morgan fingerprint density at radius 1 is 1.00 bits per heavy atom. The lowest BCUT2D eigenvalue weighted by Gasteiger charge is -2.41. The SMILES string of the molecule is C[C@H]1CN(c2ccc(F)cc2)CCN1CC[C@H]1CC2(CCN(C(=O)N3CCCCC3)CC2)C(=O)O1. The topological polar surface area (TPSA) is 56.3 Å². The summed E-state index contributed by atoms with van der Waals surface area (Å²) in [5.74, 6) is -0.259. The van der Waals surface area contributed by atoms with E-state index in [1.807, 2.05) is 21.9 Å². The van der Waals surface area contributed by atoms with Crippen LogP contribution < -0.4 is 4.90 Å². The van der Waals surface area contributed by atoms with Crippen molar-refractivity contribution in [3.8, 4) is 0 Å². The van der Waals surface area contributed by atoms with E-state index < -0.39 is 5.41 Å². The van der Waals surface area contributed by atoms with Gasteiger partial charge in [0.1, 0.15) is 11.9 Å². The zero-order chi connectivity index (χ0) is 24.4. The summed E-state index contributed by atoms with van der Waals surface area (Å²) in [5, 5.41) is 0. The number of cyclic esters (lactones) is 1. The van der Waals surface area contributed by atoms with Gasteiger partial charge in [0.05, 0.1) is 5.41 Å². The summed E-state index contributed by atoms with van der Waals surface area (Å²) in [5.41, 5.74) is 0.658. The van der Waals surface area contributed by atoms with E-state index in [1.165, 1.54) is 18.6 Å². The molecule has 5 rings (SSSR count). The molecule has 4 aliphatic rings. The number of rotatable bonds is 4. The standard InChI is InChI=1S/C27H39FN4O3/c1-21-20-32(23-7-5-22(28)6-8-23)18-17-29(21)14-9-24-19-27(25(33)35-24)10-15-31(16-11-27)26(34)30-12-3-2-4-13-30/h5-8,21,24H,2-4,9-20H2,1H3/t21-,24-/m0/s1. The minimum Gasteiger partial charge on any atom is -0.462 e. The second-order valence-electron chi connectivity index (χ2n) is 10.9. The Morgan fingerprint density at radius 3 is 2.37 bits per heavy atom. The van der Waals surface area contributed by atoms with E-state index in [4.69, 9.17) is 4.74 Å². The number of piperidine rings is 2. The lowest BCUT2D eigenvalue weighted by atomic mass is 9.76. The Labute approximate surface area is 208 Å². The number of nitrogens with zero attached hydrogens (tertiary/aromatic N) is 4. The van der Waals surface area contributed by atoms with Crippen LogP contribution in [0, 0.1) is 11.2 Å². The third-order valence-electron chi connectivity index (χ3n) is 8.64. The summed E-state index contributed by atoms with van der Waals surface area (Å²) in [4.78, 5) is 34.5. The Hall–Kier alpha value is -2.35. The van der Waals surface area contributed by atoms with Gasteiger partial charge in [0.15, 0.2) is 0 Å². The normalized spacial score (nSPS) is 27.4. The Morgan fingerprint density at radius 2 is 1.69 bits per heavy atom. The van der Waals surface area contributed by atoms with Crippen molar-refractivity contribution in [2.24, 2.45) is 5.41 Å². The number of amides is 2. The molecule has 0 unspecified atom stereocenters. The van der Waals surface area contributed by atoms with Gasteiger partial charge >= 0.3 is 12.0 Å². The lowest BCUT2D eigenvalue weighted by molar-refractivity contribution is -0.150. The average molecular weight is 487 g/mol. The summed E-state index contributed by atoms with van der Waals surface area (Å²) in [6.07, 6.45) is 6.43. The van der Waals surface area contributed by atoms with Crippen molar-refractivity contribution in [3.63, 3.8) is 0 Å². The number of carbonyl (C=O) groups excluding carboxylic acids is 2. The van der Waals surface area contributed by atoms with E-state index >= 15 is 0 Å². The van der Waals surface area contributed by atoms with E-state index in [0.717, 1.165) is 70.6 Å². The number of piperazine rings is 1. The highest BCUT2D eigenvalue weighted by molar-refractivity contribution is 5.80. The molecule has 1 aromatic rings. The fraction of sp³-hybridized carbons (Fsp3) is 0.704. The molecule has 2 atom stereocenters. The molecule has 192 valence electrons. The fourth-order valence-corrected chi connectivity index (χ4v) is 6.34. The number of urea groups is 1. The van der Waals surface area contributed by atoms with Gasteiger partial charge < -0.3 is 19.4 Å². The van der Waals surface area contributed by atoms with Crippen LogP contribution in [-0.2, 0) is 9.53 Å². The first kappa shape index (κ1) is 24.3. The Kier molecular flexibility index (Phi) is 7.19. The van der Waals surface area contributed by atoms with Crippen LogP contribution in [0.5, 0.6) is 0 Å². The molecule has 1 spiro atoms. The van der Waals surface area contributed by atoms with E-state index in [-0.39, 0.29) is 23.9 Å². The molecule has 0 N–H and O–H groups in total. The van der Waals surface area contributed by atoms with Crippen LogP contribution >= 0.6 is 0 Å². The first-order chi connectivity index (χ1) is 16.9. The number of hydrogen-bond donors (Lipinski definition) is 0. The minimum atomic E-state index is -0.407. The van der Waals surface area contributed by atoms with Crippen molar-refractivity contribution >= 4 is 17.7 Å². The lowest BCUT2D eigenvalue weighted by Crippen LogP contribution is -2.52. The maximum atomic E-state index is 13.3. The molecule has 2 amide bonds. The van der Waals surface area contributed by atoms with Crippen LogP contribution in [0.2, 0.25) is 0 Å². The first-order valence-corrected chi connectivity index (χ1v) is 13.4. The molecule has 0 aliphatic carbocycles. The molecule has 0 saturated carbocycles. The van der Waals surface area contributed by atoms with Crippen molar-refractivity contribution in [3.05, 3.63) is 30.1 Å². The smallest absolute Gasteiger partial charge is 0.319 e. The highest BCUT2D eigenvalue weighted by Crippen LogP contribution is 2.44. The Bertz CT molecular complexity index is 896. The van der Waals surface area contributed by atoms with Gasteiger partial charge in [-0.05, 0) is 69.7 Å². The zero-order valence-electron chi connectivity index (χ0n) is 21.0. The summed E-state index contributed by atoms with van der Waals surface area (Å²) >= 11 is 0. The van der Waals surface area contributed by atoms with Crippen LogP contribution in [0.25, 0.3) is 0 Å². The van der Waals surface area contributed by atoms with Crippen molar-refractivity contribution in [2.75, 3.05) is 57.3 Å². The molecule has 4 saturated heterocycles. The molecule has 0 bridgehead atoms. The molecular weight excluding hydrogens is 447 g/mol. The minimum absolute atomic E-state index is 0.0332. The molecule has 1 aromatic carbocycles. The van der Waals surface area contributed by atoms with Gasteiger partial charge in [-0.15, -0.1) is 0 Å². The fourth-order valence-electron chi connectivity index (χ4n) is 6.34. The number of esters is 1. The predicted molar refractivity (Wildman–Crippen MR) is 133 cm³/mol. The molecule has 7 nitrogen and oxygen atoms in total. The third-order valence-corrected chi connectivity index (χ3v) is 8.64. The van der Waals surface area contributed by atoms with Crippen LogP contribution in [0.3, 0.4) is 0 Å². The highest BCUT2D eigenvalue weighted by Gasteiger charge is 2.51. The van der Waals surface area contributed by atoms with Crippen LogP contribution in [0.15, 0.2) is 24.3 Å². The number of likely N-dealkylation sites (tertiary alicyclic amines) is 2. The van der Waals surface area contributed by atoms with Gasteiger partial charge in [-0.25, -0.2) is 9.18 Å². The average Bonchev–Trinajstić information content (AvgIpc) is 3.18. The Balaban J connectivity index is 1.08. The summed E-state index contributed by atoms with van der Waals surface area (Å²) < 4.78 is 19.1. The molecule has 0 radical (unpaired) electrons. The number of benzene rings is 1. The third kappa shape index (κ3) is 5.27. The maximum Gasteiger partial charge on any atom is 0.319 e. The van der Waals surface area contributed by atoms with Crippen molar-refractivity contribution < 1.29 is 18.7 Å². The van der Waals surface area contributed by atoms with Crippen LogP contribution in [0.1, 0.15) is 51.9 Å². The van der Waals surface area contributed by atoms with Gasteiger partial charge in [0.25, 0.3) is 0 Å². The first-order valence-electron chi connectivity index (χ1n) is 13.4. The number of hydrogen-bond acceptors (Lipinski definition) is 5. The second kappa shape index (κ2) is 10.3. The van der Waals surface area contributed by atoms with E-state index in [1.54, 1.807) is 0 Å². The summed E-state index contributed by atoms with van der Waals surface area (Å²) in [6, 6.07) is 7.26. The predicted octanol–water partition coefficient (Wildman–Crippen LogP) is 3.73. The van der Waals surface area contributed by atoms with Gasteiger partial charge in [0.2, 0.25) is 0 Å². The number of anilines is 1. The zero-order valence-corrected chi connectivity index (χ0v) is 21.0. The molecule has 4 aliphatic heterocycles. The molecule has 35 heavy (non-hydrogen) atoms. The molecular formula is C27H39FN4O3. The molecule has 8 heteroatoms. The van der Waals surface area contributed by atoms with Gasteiger partial charge in [-0.3, -0.25) is 9.69 Å². The number of halogens is 1. The quantitative estimate of drug-likeness (QED) is 0.607. The highest BCUT2D eigenvalue weighted by atomic mass is 19.1. The van der Waals surface area contributed by atoms with Crippen LogP contribution in [-0.4, -0.2) is 91.2 Å². The van der Waals surface area contributed by atoms with E-state index in [9.17, 15) is 14.0 Å². The molecule has 4 heterocycles. The largest absolute Gasteiger partial charge is 0.462 e. The van der Waals surface area contributed by atoms with E-state index in [0.29, 0.717) is 32.0 Å². The molecule has 0 aromatic heterocycles. The van der Waals surface area contributed by atoms with Crippen molar-refractivity contribution in [2.45, 2.75) is 64.0 Å². The number of ether oxygens (including phenoxy) is 1. The second-order valence-corrected chi connectivity index (χ2v) is 10.9. The van der Waals surface area contributed by atoms with Gasteiger partial charge in [-0.2, -0.15) is 0 Å². The van der Waals surface area contributed by atoms with E-state index in [2.05, 4.69) is 16.7 Å². The van der Waals surface area contributed by atoms with Crippen molar-refractivity contribution in [1.82, 2.24) is 14.7 Å². The summed E-state index contributed by atoms with van der Waals surface area (Å²) in [7, 11) is 0. The number of carbonyl (C=O) groups is 2. The monoisotopic (exact) mass is 486 g/mol. The summed E-state index contributed by atoms with van der Waals surface area (Å²) in [6.45, 7) is 8.92. The van der Waals surface area contributed by atoms with Gasteiger partial charge in [0, 0.05) is 70.5 Å². The van der Waals surface area contributed by atoms with Crippen molar-refractivity contribution in [1.29, 1.82) is 0 Å². The van der Waals surface area contributed by atoms with Gasteiger partial charge in [-0.1, -0.05) is 0 Å². The van der Waals surface area contributed by atoms with Crippen LogP contribution in [0.4, 0.5) is 14.9 Å². The maximum absolute atomic E-state index is 13.3.